The number of rotatable bonds is 4. The lowest BCUT2D eigenvalue weighted by Gasteiger charge is -2.16. The van der Waals surface area contributed by atoms with E-state index in [1.807, 2.05) is 29.2 Å². The summed E-state index contributed by atoms with van der Waals surface area (Å²) in [5.41, 5.74) is 1.74. The molecule has 1 amide bonds. The summed E-state index contributed by atoms with van der Waals surface area (Å²) in [5, 5.41) is 9.08. The van der Waals surface area contributed by atoms with Crippen molar-refractivity contribution in [1.82, 2.24) is 19.8 Å². The molecule has 0 bridgehead atoms. The van der Waals surface area contributed by atoms with Crippen LogP contribution in [0.2, 0.25) is 0 Å². The first kappa shape index (κ1) is 17.8. The van der Waals surface area contributed by atoms with E-state index in [1.165, 1.54) is 0 Å². The third kappa shape index (κ3) is 3.98. The Balaban J connectivity index is 1.62. The largest absolute Gasteiger partial charge is 0.339 e. The van der Waals surface area contributed by atoms with Crippen molar-refractivity contribution in [3.05, 3.63) is 41.2 Å². The van der Waals surface area contributed by atoms with E-state index in [1.54, 1.807) is 16.4 Å². The molecule has 0 unspecified atom stereocenters. The van der Waals surface area contributed by atoms with Gasteiger partial charge in [-0.3, -0.25) is 4.79 Å². The lowest BCUT2D eigenvalue weighted by atomic mass is 9.96. The fourth-order valence-electron chi connectivity index (χ4n) is 2.88. The zero-order valence-corrected chi connectivity index (χ0v) is 15.8. The molecule has 1 fully saturated rings. The molecule has 134 valence electrons. The van der Waals surface area contributed by atoms with Gasteiger partial charge in [-0.05, 0) is 30.5 Å². The van der Waals surface area contributed by atoms with Gasteiger partial charge in [-0.25, -0.2) is 4.68 Å². The van der Waals surface area contributed by atoms with Gasteiger partial charge < -0.3 is 10.7 Å². The van der Waals surface area contributed by atoms with Crippen LogP contribution in [0.15, 0.2) is 29.4 Å². The third-order valence-electron chi connectivity index (χ3n) is 4.30. The second kappa shape index (κ2) is 7.07. The van der Waals surface area contributed by atoms with E-state index in [-0.39, 0.29) is 11.3 Å². The number of likely N-dealkylation sites (tertiary alicyclic amines) is 1. The molecule has 2 heterocycles. The highest BCUT2D eigenvalue weighted by Crippen LogP contribution is 2.25. The van der Waals surface area contributed by atoms with E-state index in [2.05, 4.69) is 31.0 Å². The molecular weight excluding hydrogens is 334 g/mol. The maximum absolute atomic E-state index is 12.4. The Morgan fingerprint density at radius 2 is 1.80 bits per heavy atom. The minimum atomic E-state index is -0.141. The van der Waals surface area contributed by atoms with Crippen LogP contribution in [0.3, 0.4) is 0 Å². The highest BCUT2D eigenvalue weighted by molar-refractivity contribution is 7.98. The maximum atomic E-state index is 12.4. The number of benzene rings is 1. The molecule has 7 heteroatoms. The van der Waals surface area contributed by atoms with Crippen LogP contribution in [0.25, 0.3) is 0 Å². The summed E-state index contributed by atoms with van der Waals surface area (Å²) >= 11 is 1.55. The topological polar surface area (TPSA) is 77.0 Å². The van der Waals surface area contributed by atoms with Gasteiger partial charge in [0.25, 0.3) is 5.91 Å². The quantitative estimate of drug-likeness (QED) is 0.671. The fourth-order valence-corrected chi connectivity index (χ4v) is 3.69. The minimum absolute atomic E-state index is 0.133. The molecule has 0 aliphatic carbocycles. The van der Waals surface area contributed by atoms with Gasteiger partial charge in [-0.15, -0.1) is 10.2 Å². The molecule has 2 aromatic rings. The van der Waals surface area contributed by atoms with Crippen molar-refractivity contribution in [2.75, 3.05) is 18.9 Å². The lowest BCUT2D eigenvalue weighted by Crippen LogP contribution is -2.27. The first-order valence-corrected chi connectivity index (χ1v) is 9.57. The van der Waals surface area contributed by atoms with E-state index >= 15 is 0 Å². The zero-order valence-electron chi connectivity index (χ0n) is 15.0. The predicted molar refractivity (Wildman–Crippen MR) is 100 cm³/mol. The average molecular weight is 359 g/mol. The summed E-state index contributed by atoms with van der Waals surface area (Å²) in [6.45, 7) is 7.93. The lowest BCUT2D eigenvalue weighted by molar-refractivity contribution is 0.0793. The van der Waals surface area contributed by atoms with Gasteiger partial charge in [0, 0.05) is 29.8 Å². The number of nitrogens with zero attached hydrogens (tertiary/aromatic N) is 4. The Bertz CT molecular complexity index is 742. The van der Waals surface area contributed by atoms with Gasteiger partial charge in [0.15, 0.2) is 5.82 Å². The van der Waals surface area contributed by atoms with Crippen molar-refractivity contribution in [1.29, 1.82) is 0 Å². The molecule has 2 N–H and O–H groups in total. The van der Waals surface area contributed by atoms with Gasteiger partial charge in [-0.2, -0.15) is 0 Å². The number of hydrogen-bond acceptors (Lipinski definition) is 5. The molecule has 0 atom stereocenters. The molecule has 1 aliphatic rings. The summed E-state index contributed by atoms with van der Waals surface area (Å²) in [4.78, 5) is 14.3. The number of thioether (sulfide) groups is 1. The molecule has 1 aromatic carbocycles. The SMILES string of the molecule is CC(C)(C)c1nnc(SCc2ccc(C(=O)N3CCCC3)cc2)n1N. The van der Waals surface area contributed by atoms with Crippen molar-refractivity contribution in [3.63, 3.8) is 0 Å². The maximum Gasteiger partial charge on any atom is 0.253 e. The predicted octanol–water partition coefficient (Wildman–Crippen LogP) is 2.82. The summed E-state index contributed by atoms with van der Waals surface area (Å²) < 4.78 is 1.57. The highest BCUT2D eigenvalue weighted by Gasteiger charge is 2.23. The molecule has 0 saturated carbocycles. The van der Waals surface area contributed by atoms with Crippen molar-refractivity contribution >= 4 is 17.7 Å². The summed E-state index contributed by atoms with van der Waals surface area (Å²) in [6, 6.07) is 7.81. The van der Waals surface area contributed by atoms with Gasteiger partial charge in [0.05, 0.1) is 0 Å². The molecule has 3 rings (SSSR count). The summed E-state index contributed by atoms with van der Waals surface area (Å²) in [6.07, 6.45) is 2.22. The van der Waals surface area contributed by atoms with Gasteiger partial charge in [-0.1, -0.05) is 44.7 Å². The molecular formula is C18H25N5OS. The first-order chi connectivity index (χ1) is 11.9. The number of nitrogen functional groups attached to an aromatic ring is 1. The summed E-state index contributed by atoms with van der Waals surface area (Å²) in [5.74, 6) is 7.74. The summed E-state index contributed by atoms with van der Waals surface area (Å²) in [7, 11) is 0. The second-order valence-corrected chi connectivity index (χ2v) is 8.35. The van der Waals surface area contributed by atoms with Crippen molar-refractivity contribution in [3.8, 4) is 0 Å². The van der Waals surface area contributed by atoms with E-state index in [9.17, 15) is 4.79 Å². The van der Waals surface area contributed by atoms with E-state index in [0.29, 0.717) is 5.16 Å². The molecule has 25 heavy (non-hydrogen) atoms. The van der Waals surface area contributed by atoms with Gasteiger partial charge >= 0.3 is 0 Å². The highest BCUT2D eigenvalue weighted by atomic mass is 32.2. The van der Waals surface area contributed by atoms with Crippen LogP contribution in [-0.4, -0.2) is 38.8 Å². The normalized spacial score (nSPS) is 14.9. The van der Waals surface area contributed by atoms with Crippen LogP contribution in [-0.2, 0) is 11.2 Å². The standard InChI is InChI=1S/C18H25N5OS/c1-18(2,3)16-20-21-17(23(16)19)25-12-13-6-8-14(9-7-13)15(24)22-10-4-5-11-22/h6-9H,4-5,10-12,19H2,1-3H3. The smallest absolute Gasteiger partial charge is 0.253 e. The number of carbonyl (C=O) groups excluding carboxylic acids is 1. The van der Waals surface area contributed by atoms with E-state index < -0.39 is 0 Å². The third-order valence-corrected chi connectivity index (χ3v) is 5.31. The molecule has 0 radical (unpaired) electrons. The Kier molecular flexibility index (Phi) is 5.03. The fraction of sp³-hybridized carbons (Fsp3) is 0.500. The number of carbonyl (C=O) groups is 1. The van der Waals surface area contributed by atoms with Crippen LogP contribution >= 0.6 is 11.8 Å². The monoisotopic (exact) mass is 359 g/mol. The average Bonchev–Trinajstić information content (AvgIpc) is 3.22. The molecule has 6 nitrogen and oxygen atoms in total. The van der Waals surface area contributed by atoms with Gasteiger partial charge in [0.2, 0.25) is 5.16 Å². The zero-order chi connectivity index (χ0) is 18.0. The van der Waals surface area contributed by atoms with Crippen LogP contribution in [0.5, 0.6) is 0 Å². The van der Waals surface area contributed by atoms with Crippen molar-refractivity contribution < 1.29 is 4.79 Å². The molecule has 1 aliphatic heterocycles. The molecule has 0 spiro atoms. The first-order valence-electron chi connectivity index (χ1n) is 8.58. The van der Waals surface area contributed by atoms with E-state index in [0.717, 1.165) is 48.6 Å². The van der Waals surface area contributed by atoms with Crippen LogP contribution < -0.4 is 5.84 Å². The number of nitrogens with two attached hydrogens (primary N) is 1. The Morgan fingerprint density at radius 1 is 1.16 bits per heavy atom. The van der Waals surface area contributed by atoms with Crippen molar-refractivity contribution in [2.24, 2.45) is 0 Å². The number of hydrogen-bond donors (Lipinski definition) is 1. The van der Waals surface area contributed by atoms with Gasteiger partial charge in [0.1, 0.15) is 0 Å². The number of aromatic nitrogens is 3. The Morgan fingerprint density at radius 3 is 2.36 bits per heavy atom. The molecule has 1 aromatic heterocycles. The number of amides is 1. The van der Waals surface area contributed by atoms with Crippen LogP contribution in [0, 0.1) is 0 Å². The Hall–Kier alpha value is -2.02. The second-order valence-electron chi connectivity index (χ2n) is 7.41. The Labute approximate surface area is 152 Å². The van der Waals surface area contributed by atoms with E-state index in [4.69, 9.17) is 5.84 Å². The van der Waals surface area contributed by atoms with Crippen molar-refractivity contribution in [2.45, 2.75) is 49.9 Å². The molecule has 1 saturated heterocycles. The van der Waals surface area contributed by atoms with Crippen LogP contribution in [0.1, 0.15) is 55.4 Å². The van der Waals surface area contributed by atoms with Crippen LogP contribution in [0.4, 0.5) is 0 Å². The minimum Gasteiger partial charge on any atom is -0.339 e.